The predicted molar refractivity (Wildman–Crippen MR) is 86.5 cm³/mol. The van der Waals surface area contributed by atoms with E-state index in [0.717, 1.165) is 17.7 Å². The largest absolute Gasteiger partial charge is 0.416 e. The SMILES string of the molecule is CC(C)(C)c1ccc(Nc2ccc(C(F)(F)F)cc2[N+](=O)[O-])cc1. The summed E-state index contributed by atoms with van der Waals surface area (Å²) >= 11 is 0. The Morgan fingerprint density at radius 1 is 0.958 bits per heavy atom. The number of hydrogen-bond donors (Lipinski definition) is 1. The van der Waals surface area contributed by atoms with Gasteiger partial charge in [-0.1, -0.05) is 32.9 Å². The van der Waals surface area contributed by atoms with Crippen LogP contribution in [0, 0.1) is 10.1 Å². The first-order valence-electron chi connectivity index (χ1n) is 7.22. The summed E-state index contributed by atoms with van der Waals surface area (Å²) in [4.78, 5) is 10.2. The van der Waals surface area contributed by atoms with Gasteiger partial charge in [0.25, 0.3) is 5.69 Å². The summed E-state index contributed by atoms with van der Waals surface area (Å²) in [7, 11) is 0. The molecule has 128 valence electrons. The van der Waals surface area contributed by atoms with E-state index in [1.54, 1.807) is 12.1 Å². The van der Waals surface area contributed by atoms with E-state index in [9.17, 15) is 23.3 Å². The highest BCUT2D eigenvalue weighted by Crippen LogP contribution is 2.36. The fourth-order valence-corrected chi connectivity index (χ4v) is 2.17. The normalized spacial score (nSPS) is 12.1. The van der Waals surface area contributed by atoms with Gasteiger partial charge in [-0.15, -0.1) is 0 Å². The Labute approximate surface area is 137 Å². The molecule has 0 aromatic heterocycles. The molecular formula is C17H17F3N2O2. The maximum Gasteiger partial charge on any atom is 0.416 e. The molecule has 0 radical (unpaired) electrons. The van der Waals surface area contributed by atoms with Gasteiger partial charge in [0.2, 0.25) is 0 Å². The highest BCUT2D eigenvalue weighted by atomic mass is 19.4. The second-order valence-corrected chi connectivity index (χ2v) is 6.44. The van der Waals surface area contributed by atoms with Gasteiger partial charge in [0, 0.05) is 11.8 Å². The molecule has 0 atom stereocenters. The summed E-state index contributed by atoms with van der Waals surface area (Å²) in [6.45, 7) is 6.16. The fourth-order valence-electron chi connectivity index (χ4n) is 2.17. The number of rotatable bonds is 3. The van der Waals surface area contributed by atoms with E-state index in [1.807, 2.05) is 12.1 Å². The third-order valence-electron chi connectivity index (χ3n) is 3.55. The van der Waals surface area contributed by atoms with Gasteiger partial charge in [-0.2, -0.15) is 13.2 Å². The molecule has 0 amide bonds. The van der Waals surface area contributed by atoms with Gasteiger partial charge in [-0.05, 0) is 35.2 Å². The van der Waals surface area contributed by atoms with Crippen molar-refractivity contribution in [3.8, 4) is 0 Å². The van der Waals surface area contributed by atoms with E-state index in [4.69, 9.17) is 0 Å². The van der Waals surface area contributed by atoms with Crippen molar-refractivity contribution in [1.82, 2.24) is 0 Å². The van der Waals surface area contributed by atoms with Crippen LogP contribution in [0.25, 0.3) is 0 Å². The van der Waals surface area contributed by atoms with Crippen LogP contribution in [0.2, 0.25) is 0 Å². The third-order valence-corrected chi connectivity index (χ3v) is 3.55. The Bertz CT molecular complexity index is 748. The molecule has 0 fully saturated rings. The monoisotopic (exact) mass is 338 g/mol. The fraction of sp³-hybridized carbons (Fsp3) is 0.294. The van der Waals surface area contributed by atoms with Crippen molar-refractivity contribution in [2.45, 2.75) is 32.4 Å². The molecule has 0 heterocycles. The van der Waals surface area contributed by atoms with E-state index in [0.29, 0.717) is 11.8 Å². The van der Waals surface area contributed by atoms with Gasteiger partial charge in [0.05, 0.1) is 10.5 Å². The van der Waals surface area contributed by atoms with Gasteiger partial charge in [-0.3, -0.25) is 10.1 Å². The zero-order valence-corrected chi connectivity index (χ0v) is 13.4. The number of anilines is 2. The molecule has 0 saturated heterocycles. The van der Waals surface area contributed by atoms with Crippen LogP contribution in [-0.4, -0.2) is 4.92 Å². The quantitative estimate of drug-likeness (QED) is 0.581. The van der Waals surface area contributed by atoms with Crippen molar-refractivity contribution < 1.29 is 18.1 Å². The maximum absolute atomic E-state index is 12.7. The zero-order valence-electron chi connectivity index (χ0n) is 13.4. The van der Waals surface area contributed by atoms with Crippen LogP contribution in [0.1, 0.15) is 31.9 Å². The van der Waals surface area contributed by atoms with Crippen molar-refractivity contribution in [1.29, 1.82) is 0 Å². The second kappa shape index (κ2) is 6.14. The molecule has 7 heteroatoms. The van der Waals surface area contributed by atoms with E-state index in [1.165, 1.54) is 0 Å². The van der Waals surface area contributed by atoms with E-state index in [2.05, 4.69) is 26.1 Å². The topological polar surface area (TPSA) is 55.2 Å². The molecule has 0 unspecified atom stereocenters. The number of hydrogen-bond acceptors (Lipinski definition) is 3. The first-order chi connectivity index (χ1) is 11.0. The van der Waals surface area contributed by atoms with Crippen molar-refractivity contribution in [3.05, 3.63) is 63.7 Å². The van der Waals surface area contributed by atoms with Gasteiger partial charge >= 0.3 is 6.18 Å². The highest BCUT2D eigenvalue weighted by molar-refractivity contribution is 5.70. The molecule has 0 bridgehead atoms. The van der Waals surface area contributed by atoms with Crippen LogP contribution in [0.4, 0.5) is 30.2 Å². The van der Waals surface area contributed by atoms with Gasteiger partial charge in [0.15, 0.2) is 0 Å². The van der Waals surface area contributed by atoms with Crippen LogP contribution in [0.5, 0.6) is 0 Å². The number of halogens is 3. The molecule has 24 heavy (non-hydrogen) atoms. The van der Waals surface area contributed by atoms with Crippen molar-refractivity contribution in [2.75, 3.05) is 5.32 Å². The molecule has 0 saturated carbocycles. The van der Waals surface area contributed by atoms with Gasteiger partial charge in [-0.25, -0.2) is 0 Å². The third kappa shape index (κ3) is 4.04. The average molecular weight is 338 g/mol. The summed E-state index contributed by atoms with van der Waals surface area (Å²) < 4.78 is 38.1. The van der Waals surface area contributed by atoms with Crippen LogP contribution in [-0.2, 0) is 11.6 Å². The molecule has 0 aliphatic rings. The van der Waals surface area contributed by atoms with Crippen LogP contribution in [0.15, 0.2) is 42.5 Å². The lowest BCUT2D eigenvalue weighted by Crippen LogP contribution is -2.10. The molecule has 2 aromatic carbocycles. The minimum absolute atomic E-state index is 0.0107. The average Bonchev–Trinajstić information content (AvgIpc) is 2.46. The van der Waals surface area contributed by atoms with E-state index < -0.39 is 22.4 Å². The summed E-state index contributed by atoms with van der Waals surface area (Å²) in [5.41, 5.74) is -0.0660. The van der Waals surface area contributed by atoms with Crippen LogP contribution >= 0.6 is 0 Å². The molecular weight excluding hydrogens is 321 g/mol. The van der Waals surface area contributed by atoms with Crippen molar-refractivity contribution in [3.63, 3.8) is 0 Å². The number of nitro groups is 1. The van der Waals surface area contributed by atoms with Gasteiger partial charge < -0.3 is 5.32 Å². The lowest BCUT2D eigenvalue weighted by atomic mass is 9.87. The lowest BCUT2D eigenvalue weighted by Gasteiger charge is -2.19. The van der Waals surface area contributed by atoms with Crippen molar-refractivity contribution in [2.24, 2.45) is 0 Å². The van der Waals surface area contributed by atoms with E-state index in [-0.39, 0.29) is 11.1 Å². The Morgan fingerprint density at radius 2 is 1.50 bits per heavy atom. The van der Waals surface area contributed by atoms with Crippen LogP contribution in [0.3, 0.4) is 0 Å². The first kappa shape index (κ1) is 17.8. The first-order valence-corrected chi connectivity index (χ1v) is 7.22. The Balaban J connectivity index is 2.34. The molecule has 0 spiro atoms. The smallest absolute Gasteiger partial charge is 0.350 e. The van der Waals surface area contributed by atoms with Crippen molar-refractivity contribution >= 4 is 17.1 Å². The molecule has 0 aliphatic heterocycles. The minimum Gasteiger partial charge on any atom is -0.350 e. The summed E-state index contributed by atoms with van der Waals surface area (Å²) in [5, 5.41) is 13.9. The lowest BCUT2D eigenvalue weighted by molar-refractivity contribution is -0.384. The predicted octanol–water partition coefficient (Wildman–Crippen LogP) is 5.65. The molecule has 2 aromatic rings. The number of benzene rings is 2. The van der Waals surface area contributed by atoms with Crippen LogP contribution < -0.4 is 5.32 Å². The Kier molecular flexibility index (Phi) is 4.55. The maximum atomic E-state index is 12.7. The minimum atomic E-state index is -4.63. The molecule has 4 nitrogen and oxygen atoms in total. The Hall–Kier alpha value is -2.57. The summed E-state index contributed by atoms with van der Waals surface area (Å²) in [6, 6.07) is 9.64. The summed E-state index contributed by atoms with van der Waals surface area (Å²) in [6.07, 6.45) is -4.63. The Morgan fingerprint density at radius 3 is 1.96 bits per heavy atom. The molecule has 1 N–H and O–H groups in total. The highest BCUT2D eigenvalue weighted by Gasteiger charge is 2.33. The zero-order chi connectivity index (χ0) is 18.1. The molecule has 0 aliphatic carbocycles. The standard InChI is InChI=1S/C17H17F3N2O2/c1-16(2,3)11-4-7-13(8-5-11)21-14-9-6-12(17(18,19)20)10-15(14)22(23)24/h4-10,21H,1-3H3. The molecule has 2 rings (SSSR count). The number of nitrogens with one attached hydrogen (secondary N) is 1. The number of nitro benzene ring substituents is 1. The number of nitrogens with zero attached hydrogens (tertiary/aromatic N) is 1. The van der Waals surface area contributed by atoms with E-state index >= 15 is 0 Å². The summed E-state index contributed by atoms with van der Waals surface area (Å²) in [5.74, 6) is 0. The second-order valence-electron chi connectivity index (χ2n) is 6.44. The van der Waals surface area contributed by atoms with Gasteiger partial charge in [0.1, 0.15) is 5.69 Å². The number of alkyl halides is 3.